The van der Waals surface area contributed by atoms with Crippen LogP contribution in [0.5, 0.6) is 11.5 Å². The van der Waals surface area contributed by atoms with E-state index in [0.717, 1.165) is 11.1 Å². The number of hydrogen-bond acceptors (Lipinski definition) is 10. The van der Waals surface area contributed by atoms with Crippen LogP contribution in [0.3, 0.4) is 0 Å². The summed E-state index contributed by atoms with van der Waals surface area (Å²) in [6.07, 6.45) is -2.14. The lowest BCUT2D eigenvalue weighted by molar-refractivity contribution is -0.177. The summed E-state index contributed by atoms with van der Waals surface area (Å²) in [5.41, 5.74) is 0.146. The molecule has 6 rings (SSSR count). The Bertz CT molecular complexity index is 1450. The zero-order chi connectivity index (χ0) is 29.1. The van der Waals surface area contributed by atoms with Gasteiger partial charge < -0.3 is 39.2 Å². The highest BCUT2D eigenvalue weighted by molar-refractivity contribution is 5.85. The van der Waals surface area contributed by atoms with Gasteiger partial charge in [-0.15, -0.1) is 12.4 Å². The Morgan fingerprint density at radius 2 is 1.90 bits per heavy atom. The van der Waals surface area contributed by atoms with E-state index in [1.165, 1.54) is 0 Å². The predicted octanol–water partition coefficient (Wildman–Crippen LogP) is 2.06. The topological polar surface area (TPSA) is 152 Å². The van der Waals surface area contributed by atoms with E-state index in [9.17, 15) is 24.6 Å². The molecule has 0 amide bonds. The first-order valence-electron chi connectivity index (χ1n) is 13.5. The molecule has 3 N–H and O–H groups in total. The normalized spacial score (nSPS) is 28.1. The van der Waals surface area contributed by atoms with Crippen LogP contribution in [0.4, 0.5) is 0 Å². The van der Waals surface area contributed by atoms with Crippen molar-refractivity contribution in [3.05, 3.63) is 71.0 Å². The van der Waals surface area contributed by atoms with Crippen LogP contribution in [0.2, 0.25) is 0 Å². The lowest BCUT2D eigenvalue weighted by Crippen LogP contribution is -2.74. The van der Waals surface area contributed by atoms with Gasteiger partial charge in [-0.05, 0) is 44.1 Å². The van der Waals surface area contributed by atoms with E-state index >= 15 is 0 Å². The Morgan fingerprint density at radius 3 is 2.60 bits per heavy atom. The highest BCUT2D eigenvalue weighted by atomic mass is 35.5. The van der Waals surface area contributed by atoms with E-state index in [1.54, 1.807) is 43.5 Å². The minimum absolute atomic E-state index is 0. The quantitative estimate of drug-likeness (QED) is 0.381. The first-order chi connectivity index (χ1) is 19.6. The smallest absolute Gasteiger partial charge is 0.357 e. The Balaban J connectivity index is 0.00000353. The molecule has 2 unspecified atom stereocenters. The molecule has 42 heavy (non-hydrogen) atoms. The molecule has 2 aromatic rings. The molecular formula is C30H32ClNO10. The Kier molecular flexibility index (Phi) is 7.73. The first kappa shape index (κ1) is 29.8. The third-order valence-electron chi connectivity index (χ3n) is 8.99. The van der Waals surface area contributed by atoms with Gasteiger partial charge >= 0.3 is 17.9 Å². The maximum atomic E-state index is 13.6. The maximum Gasteiger partial charge on any atom is 0.357 e. The van der Waals surface area contributed by atoms with Crippen molar-refractivity contribution in [2.24, 2.45) is 0 Å². The van der Waals surface area contributed by atoms with Crippen molar-refractivity contribution in [3.8, 4) is 11.5 Å². The molecule has 224 valence electrons. The third kappa shape index (κ3) is 4.34. The number of halogens is 1. The number of aliphatic carboxylic acids is 1. The number of aliphatic hydroxyl groups is 2. The van der Waals surface area contributed by atoms with Crippen molar-refractivity contribution in [1.29, 1.82) is 0 Å². The largest absolute Gasteiger partial charge is 0.493 e. The number of hydrogen-bond donors (Lipinski definition) is 3. The molecule has 11 nitrogen and oxygen atoms in total. The first-order valence-corrected chi connectivity index (χ1v) is 13.5. The molecular weight excluding hydrogens is 570 g/mol. The monoisotopic (exact) mass is 601 g/mol. The molecule has 0 saturated carbocycles. The number of carbonyl (C=O) groups is 3. The molecule has 0 aromatic heterocycles. The van der Waals surface area contributed by atoms with Crippen molar-refractivity contribution in [1.82, 2.24) is 4.90 Å². The minimum Gasteiger partial charge on any atom is -0.493 e. The van der Waals surface area contributed by atoms with Crippen LogP contribution in [0, 0.1) is 0 Å². The summed E-state index contributed by atoms with van der Waals surface area (Å²) in [4.78, 5) is 39.3. The van der Waals surface area contributed by atoms with Crippen molar-refractivity contribution >= 4 is 30.3 Å². The number of carboxylic acid groups (broad SMARTS) is 1. The number of rotatable bonds is 8. The van der Waals surface area contributed by atoms with E-state index in [4.69, 9.17) is 24.1 Å². The number of ether oxygens (including phenoxy) is 4. The molecule has 0 radical (unpaired) electrons. The standard InChI is InChI=1S/C30H31NO10.ClH/c1-31-13-12-29-23-17-8-9-19(38-2)25(23)41-26(29)20(10-11-30(29,37)21(31)14-17)39-28(36)24(16-6-4-3-5-7-16)40-22(33)15-18(32)27(34)35;/h3-10,18,21,24,26,32,37H,11-15H2,1-2H3,(H,34,35);1H/t18?,21-,24?,26+,29+,30-;/m1./s1. The third-order valence-corrected chi connectivity index (χ3v) is 8.99. The summed E-state index contributed by atoms with van der Waals surface area (Å²) in [5.74, 6) is -2.36. The van der Waals surface area contributed by atoms with Gasteiger partial charge in [-0.1, -0.05) is 36.4 Å². The fraction of sp³-hybridized carbons (Fsp3) is 0.433. The number of likely N-dealkylation sites (tertiary alicyclic amines) is 1. The zero-order valence-electron chi connectivity index (χ0n) is 23.0. The van der Waals surface area contributed by atoms with Crippen LogP contribution < -0.4 is 9.47 Å². The lowest BCUT2D eigenvalue weighted by atomic mass is 9.50. The van der Waals surface area contributed by atoms with Crippen LogP contribution in [0.25, 0.3) is 0 Å². The number of carbonyl (C=O) groups excluding carboxylic acids is 2. The van der Waals surface area contributed by atoms with E-state index in [0.29, 0.717) is 36.4 Å². The molecule has 2 bridgehead atoms. The van der Waals surface area contributed by atoms with Crippen LogP contribution in [0.15, 0.2) is 54.3 Å². The van der Waals surface area contributed by atoms with Gasteiger partial charge in [0, 0.05) is 23.6 Å². The average molecular weight is 602 g/mol. The number of likely N-dealkylation sites (N-methyl/N-ethyl adjacent to an activating group) is 1. The summed E-state index contributed by atoms with van der Waals surface area (Å²) in [5, 5.41) is 30.9. The molecule has 1 saturated heterocycles. The highest BCUT2D eigenvalue weighted by Crippen LogP contribution is 2.65. The van der Waals surface area contributed by atoms with E-state index in [-0.39, 0.29) is 30.6 Å². The molecule has 1 spiro atoms. The zero-order valence-corrected chi connectivity index (χ0v) is 23.8. The van der Waals surface area contributed by atoms with E-state index in [1.807, 2.05) is 19.2 Å². The van der Waals surface area contributed by atoms with Crippen molar-refractivity contribution in [2.75, 3.05) is 20.7 Å². The summed E-state index contributed by atoms with van der Waals surface area (Å²) < 4.78 is 23.4. The predicted molar refractivity (Wildman–Crippen MR) is 148 cm³/mol. The number of carboxylic acids is 1. The summed E-state index contributed by atoms with van der Waals surface area (Å²) in [7, 11) is 3.54. The molecule has 2 heterocycles. The lowest BCUT2D eigenvalue weighted by Gasteiger charge is -2.61. The fourth-order valence-electron chi connectivity index (χ4n) is 7.06. The number of aliphatic hydroxyl groups excluding tert-OH is 1. The second kappa shape index (κ2) is 10.9. The summed E-state index contributed by atoms with van der Waals surface area (Å²) in [6, 6.07) is 11.8. The average Bonchev–Trinajstić information content (AvgIpc) is 3.31. The van der Waals surface area contributed by atoms with Gasteiger partial charge in [0.05, 0.1) is 24.5 Å². The molecule has 12 heteroatoms. The molecule has 6 atom stereocenters. The molecule has 1 fully saturated rings. The van der Waals surface area contributed by atoms with E-state index < -0.39 is 53.7 Å². The second-order valence-corrected chi connectivity index (χ2v) is 11.0. The number of piperidine rings is 1. The maximum absolute atomic E-state index is 13.6. The second-order valence-electron chi connectivity index (χ2n) is 11.0. The van der Waals surface area contributed by atoms with Crippen LogP contribution >= 0.6 is 12.4 Å². The van der Waals surface area contributed by atoms with Gasteiger partial charge in [-0.25, -0.2) is 9.59 Å². The van der Waals surface area contributed by atoms with Crippen LogP contribution in [0.1, 0.15) is 42.1 Å². The molecule has 4 aliphatic rings. The van der Waals surface area contributed by atoms with Crippen LogP contribution in [-0.2, 0) is 35.7 Å². The highest BCUT2D eigenvalue weighted by Gasteiger charge is 2.72. The minimum atomic E-state index is -1.98. The molecule has 2 aromatic carbocycles. The van der Waals surface area contributed by atoms with Gasteiger partial charge in [-0.3, -0.25) is 4.79 Å². The number of esters is 2. The van der Waals surface area contributed by atoms with Crippen molar-refractivity contribution < 1.29 is 48.7 Å². The fourth-order valence-corrected chi connectivity index (χ4v) is 7.06. The van der Waals surface area contributed by atoms with Gasteiger partial charge in [0.2, 0.25) is 6.10 Å². The van der Waals surface area contributed by atoms with Gasteiger partial charge in [0.1, 0.15) is 5.76 Å². The Hall–Kier alpha value is -3.64. The summed E-state index contributed by atoms with van der Waals surface area (Å²) in [6.45, 7) is 0.695. The van der Waals surface area contributed by atoms with Gasteiger partial charge in [-0.2, -0.15) is 0 Å². The van der Waals surface area contributed by atoms with Crippen molar-refractivity contribution in [2.45, 2.75) is 61.1 Å². The van der Waals surface area contributed by atoms with Gasteiger partial charge in [0.15, 0.2) is 23.7 Å². The van der Waals surface area contributed by atoms with Crippen LogP contribution in [-0.4, -0.2) is 82.7 Å². The Labute approximate surface area is 248 Å². The van der Waals surface area contributed by atoms with Crippen molar-refractivity contribution in [3.63, 3.8) is 0 Å². The van der Waals surface area contributed by atoms with Gasteiger partial charge in [0.25, 0.3) is 0 Å². The molecule has 2 aliphatic heterocycles. The number of benzene rings is 2. The number of nitrogens with zero attached hydrogens (tertiary/aromatic N) is 1. The summed E-state index contributed by atoms with van der Waals surface area (Å²) >= 11 is 0. The number of methoxy groups -OCH3 is 1. The molecule has 2 aliphatic carbocycles. The SMILES string of the molecule is COc1ccc2c3c1O[C@H]1C(OC(=O)C(OC(=O)CC(O)C(=O)O)c4ccccc4)=CC[C@@]4(O)[C@@H](C2)N(C)CC[C@]314.Cl. The Morgan fingerprint density at radius 1 is 1.17 bits per heavy atom. The van der Waals surface area contributed by atoms with E-state index in [2.05, 4.69) is 4.90 Å².